The number of amides is 1. The van der Waals surface area contributed by atoms with E-state index in [0.29, 0.717) is 39.9 Å². The fourth-order valence-corrected chi connectivity index (χ4v) is 3.62. The quantitative estimate of drug-likeness (QED) is 0.390. The van der Waals surface area contributed by atoms with Gasteiger partial charge in [0.15, 0.2) is 11.5 Å². The van der Waals surface area contributed by atoms with Gasteiger partial charge in [-0.2, -0.15) is 4.98 Å². The van der Waals surface area contributed by atoms with Crippen LogP contribution in [-0.4, -0.2) is 30.3 Å². The zero-order chi connectivity index (χ0) is 23.2. The number of carbonyl (C=O) groups is 1. The van der Waals surface area contributed by atoms with Gasteiger partial charge in [-0.1, -0.05) is 59.2 Å². The van der Waals surface area contributed by atoms with Gasteiger partial charge in [-0.05, 0) is 35.9 Å². The second kappa shape index (κ2) is 10.2. The predicted octanol–water partition coefficient (Wildman–Crippen LogP) is 5.12. The second-order valence-electron chi connectivity index (χ2n) is 7.22. The Morgan fingerprint density at radius 3 is 2.45 bits per heavy atom. The van der Waals surface area contributed by atoms with Gasteiger partial charge in [0.2, 0.25) is 11.7 Å². The lowest BCUT2D eigenvalue weighted by molar-refractivity contribution is 0.0928. The highest BCUT2D eigenvalue weighted by molar-refractivity contribution is 6.33. The minimum absolute atomic E-state index is 0.282. The zero-order valence-corrected chi connectivity index (χ0v) is 18.9. The summed E-state index contributed by atoms with van der Waals surface area (Å²) in [6, 6.07) is 21.4. The van der Waals surface area contributed by atoms with Crippen molar-refractivity contribution in [3.63, 3.8) is 0 Å². The summed E-state index contributed by atoms with van der Waals surface area (Å²) in [4.78, 5) is 17.5. The molecule has 3 aromatic carbocycles. The standard InChI is InChI=1S/C25H22ClN3O4/c1-31-21-13-12-17(15-22(21)32-2)23-28-25(33-29-23)20(14-16-8-4-3-5-9-16)27-24(30)18-10-6-7-11-19(18)26/h3-13,15,20H,14H2,1-2H3,(H,27,30)/t20-/m1/s1. The van der Waals surface area contributed by atoms with Gasteiger partial charge in [-0.15, -0.1) is 0 Å². The molecule has 4 aromatic rings. The molecular weight excluding hydrogens is 442 g/mol. The van der Waals surface area contributed by atoms with Crippen molar-refractivity contribution in [2.75, 3.05) is 14.2 Å². The molecule has 0 radical (unpaired) electrons. The van der Waals surface area contributed by atoms with Crippen LogP contribution in [0.25, 0.3) is 11.4 Å². The molecule has 1 N–H and O–H groups in total. The van der Waals surface area contributed by atoms with Crippen molar-refractivity contribution < 1.29 is 18.8 Å². The van der Waals surface area contributed by atoms with Crippen LogP contribution in [0.3, 0.4) is 0 Å². The van der Waals surface area contributed by atoms with Gasteiger partial charge in [0, 0.05) is 12.0 Å². The average molecular weight is 464 g/mol. The number of aromatic nitrogens is 2. The average Bonchev–Trinajstić information content (AvgIpc) is 3.34. The number of halogens is 1. The van der Waals surface area contributed by atoms with Gasteiger partial charge >= 0.3 is 0 Å². The van der Waals surface area contributed by atoms with Crippen LogP contribution in [0.1, 0.15) is 27.9 Å². The topological polar surface area (TPSA) is 86.5 Å². The molecule has 0 aliphatic carbocycles. The van der Waals surface area contributed by atoms with Crippen LogP contribution in [0.2, 0.25) is 5.02 Å². The largest absolute Gasteiger partial charge is 0.493 e. The van der Waals surface area contributed by atoms with Crippen LogP contribution >= 0.6 is 11.6 Å². The van der Waals surface area contributed by atoms with Crippen molar-refractivity contribution in [1.29, 1.82) is 0 Å². The molecule has 0 unspecified atom stereocenters. The number of benzene rings is 3. The molecule has 7 nitrogen and oxygen atoms in total. The SMILES string of the molecule is COc1ccc(-c2noc([C@@H](Cc3ccccc3)NC(=O)c3ccccc3Cl)n2)cc1OC. The van der Waals surface area contributed by atoms with E-state index in [1.54, 1.807) is 50.6 Å². The van der Waals surface area contributed by atoms with Crippen molar-refractivity contribution in [3.8, 4) is 22.9 Å². The van der Waals surface area contributed by atoms with Gasteiger partial charge in [0.1, 0.15) is 6.04 Å². The molecule has 0 saturated carbocycles. The third-order valence-electron chi connectivity index (χ3n) is 5.09. The lowest BCUT2D eigenvalue weighted by atomic mass is 10.1. The molecule has 1 heterocycles. The smallest absolute Gasteiger partial charge is 0.253 e. The fraction of sp³-hybridized carbons (Fsp3) is 0.160. The molecular formula is C25H22ClN3O4. The van der Waals surface area contributed by atoms with Crippen LogP contribution in [0.4, 0.5) is 0 Å². The third-order valence-corrected chi connectivity index (χ3v) is 5.42. The number of nitrogens with one attached hydrogen (secondary N) is 1. The maximum atomic E-state index is 13.0. The number of rotatable bonds is 8. The number of ether oxygens (including phenoxy) is 2. The molecule has 33 heavy (non-hydrogen) atoms. The summed E-state index contributed by atoms with van der Waals surface area (Å²) in [6.07, 6.45) is 0.463. The van der Waals surface area contributed by atoms with Gasteiger partial charge in [-0.3, -0.25) is 4.79 Å². The van der Waals surface area contributed by atoms with Crippen LogP contribution in [0, 0.1) is 0 Å². The Kier molecular flexibility index (Phi) is 6.90. The van der Waals surface area contributed by atoms with E-state index in [-0.39, 0.29) is 11.8 Å². The van der Waals surface area contributed by atoms with Gasteiger partial charge in [0.05, 0.1) is 24.8 Å². The first-order chi connectivity index (χ1) is 16.1. The second-order valence-corrected chi connectivity index (χ2v) is 7.63. The monoisotopic (exact) mass is 463 g/mol. The highest BCUT2D eigenvalue weighted by atomic mass is 35.5. The van der Waals surface area contributed by atoms with E-state index < -0.39 is 6.04 Å². The van der Waals surface area contributed by atoms with Crippen LogP contribution in [0.5, 0.6) is 11.5 Å². The maximum absolute atomic E-state index is 13.0. The molecule has 168 valence electrons. The van der Waals surface area contributed by atoms with E-state index in [0.717, 1.165) is 5.56 Å². The highest BCUT2D eigenvalue weighted by Crippen LogP contribution is 2.32. The van der Waals surface area contributed by atoms with Gasteiger partial charge < -0.3 is 19.3 Å². The summed E-state index contributed by atoms with van der Waals surface area (Å²) in [6.45, 7) is 0. The molecule has 0 aliphatic rings. The number of nitrogens with zero attached hydrogens (tertiary/aromatic N) is 2. The molecule has 0 fully saturated rings. The van der Waals surface area contributed by atoms with Crippen molar-refractivity contribution >= 4 is 17.5 Å². The Labute approximate surface area is 196 Å². The van der Waals surface area contributed by atoms with Crippen molar-refractivity contribution in [1.82, 2.24) is 15.5 Å². The summed E-state index contributed by atoms with van der Waals surface area (Å²) >= 11 is 6.21. The number of methoxy groups -OCH3 is 2. The Balaban J connectivity index is 1.64. The first-order valence-electron chi connectivity index (χ1n) is 10.2. The van der Waals surface area contributed by atoms with E-state index in [1.807, 2.05) is 36.4 Å². The summed E-state index contributed by atoms with van der Waals surface area (Å²) in [5.41, 5.74) is 2.07. The molecule has 1 atom stereocenters. The van der Waals surface area contributed by atoms with Crippen LogP contribution in [-0.2, 0) is 6.42 Å². The summed E-state index contributed by atoms with van der Waals surface area (Å²) in [5.74, 6) is 1.47. The normalized spacial score (nSPS) is 11.6. The minimum Gasteiger partial charge on any atom is -0.493 e. The Hall–Kier alpha value is -3.84. The predicted molar refractivity (Wildman–Crippen MR) is 125 cm³/mol. The summed E-state index contributed by atoms with van der Waals surface area (Å²) < 4.78 is 16.2. The fourth-order valence-electron chi connectivity index (χ4n) is 3.40. The Bertz CT molecular complexity index is 1240. The first kappa shape index (κ1) is 22.4. The lowest BCUT2D eigenvalue weighted by Crippen LogP contribution is -2.30. The molecule has 0 aliphatic heterocycles. The van der Waals surface area contributed by atoms with Gasteiger partial charge in [0.25, 0.3) is 5.91 Å². The third kappa shape index (κ3) is 5.15. The number of hydrogen-bond acceptors (Lipinski definition) is 6. The van der Waals surface area contributed by atoms with Crippen LogP contribution in [0.15, 0.2) is 77.3 Å². The van der Waals surface area contributed by atoms with Crippen LogP contribution < -0.4 is 14.8 Å². The summed E-state index contributed by atoms with van der Waals surface area (Å²) in [7, 11) is 3.13. The first-order valence-corrected chi connectivity index (χ1v) is 10.6. The van der Waals surface area contributed by atoms with Crippen molar-refractivity contribution in [2.45, 2.75) is 12.5 Å². The number of carbonyl (C=O) groups excluding carboxylic acids is 1. The molecule has 0 bridgehead atoms. The highest BCUT2D eigenvalue weighted by Gasteiger charge is 2.24. The summed E-state index contributed by atoms with van der Waals surface area (Å²) in [5, 5.41) is 7.46. The minimum atomic E-state index is -0.558. The maximum Gasteiger partial charge on any atom is 0.253 e. The lowest BCUT2D eigenvalue weighted by Gasteiger charge is -2.16. The van der Waals surface area contributed by atoms with E-state index in [9.17, 15) is 4.79 Å². The molecule has 1 aromatic heterocycles. The zero-order valence-electron chi connectivity index (χ0n) is 18.1. The van der Waals surface area contributed by atoms with Crippen molar-refractivity contribution in [3.05, 3.63) is 94.8 Å². The molecule has 1 amide bonds. The number of hydrogen-bond donors (Lipinski definition) is 1. The molecule has 8 heteroatoms. The molecule has 4 rings (SSSR count). The van der Waals surface area contributed by atoms with Gasteiger partial charge in [-0.25, -0.2) is 0 Å². The van der Waals surface area contributed by atoms with E-state index >= 15 is 0 Å². The van der Waals surface area contributed by atoms with Crippen molar-refractivity contribution in [2.24, 2.45) is 0 Å². The molecule has 0 saturated heterocycles. The van der Waals surface area contributed by atoms with E-state index in [2.05, 4.69) is 15.5 Å². The Morgan fingerprint density at radius 1 is 1.00 bits per heavy atom. The molecule has 0 spiro atoms. The van der Waals surface area contributed by atoms with E-state index in [4.69, 9.17) is 25.6 Å². The Morgan fingerprint density at radius 2 is 1.73 bits per heavy atom. The van der Waals surface area contributed by atoms with E-state index in [1.165, 1.54) is 0 Å².